The van der Waals surface area contributed by atoms with Crippen molar-refractivity contribution in [1.29, 1.82) is 0 Å². The third kappa shape index (κ3) is 11.3. The van der Waals surface area contributed by atoms with Crippen molar-refractivity contribution in [3.63, 3.8) is 0 Å². The summed E-state index contributed by atoms with van der Waals surface area (Å²) in [7, 11) is 0. The van der Waals surface area contributed by atoms with Crippen LogP contribution in [0.1, 0.15) is 67.2 Å². The molecule has 0 unspecified atom stereocenters. The van der Waals surface area contributed by atoms with Gasteiger partial charge in [-0.1, -0.05) is 39.0 Å². The summed E-state index contributed by atoms with van der Waals surface area (Å²) in [6, 6.07) is -0.621. The lowest BCUT2D eigenvalue weighted by Gasteiger charge is -2.22. The van der Waals surface area contributed by atoms with Crippen LogP contribution in [0.15, 0.2) is 4.99 Å². The summed E-state index contributed by atoms with van der Waals surface area (Å²) in [4.78, 5) is 30.3. The molecule has 0 heterocycles. The standard InChI is InChI=1S/C17H34N4O2S/c1-7-10-13-24-15(18-14(22)20-17(4,5)6)19-16(23)21(11-8-2)12-9-3/h7-13H2,1-6H3,(H2,18,19,20,22,23). The van der Waals surface area contributed by atoms with Gasteiger partial charge in [-0.05, 0) is 40.0 Å². The number of amides is 4. The van der Waals surface area contributed by atoms with E-state index in [1.165, 1.54) is 11.8 Å². The van der Waals surface area contributed by atoms with Crippen LogP contribution in [0.5, 0.6) is 0 Å². The predicted octanol–water partition coefficient (Wildman–Crippen LogP) is 4.22. The van der Waals surface area contributed by atoms with Crippen molar-refractivity contribution in [3.05, 3.63) is 0 Å². The Bertz CT molecular complexity index is 413. The van der Waals surface area contributed by atoms with E-state index in [4.69, 9.17) is 0 Å². The molecule has 0 aromatic heterocycles. The number of hydrogen-bond acceptors (Lipinski definition) is 3. The Morgan fingerprint density at radius 2 is 1.62 bits per heavy atom. The molecule has 0 aliphatic carbocycles. The van der Waals surface area contributed by atoms with E-state index in [0.29, 0.717) is 18.3 Å². The molecule has 0 aliphatic rings. The second kappa shape index (κ2) is 12.2. The van der Waals surface area contributed by atoms with Crippen LogP contribution in [0.25, 0.3) is 0 Å². The van der Waals surface area contributed by atoms with E-state index in [-0.39, 0.29) is 17.6 Å². The Balaban J connectivity index is 5.00. The highest BCUT2D eigenvalue weighted by Gasteiger charge is 2.17. The van der Waals surface area contributed by atoms with Crippen molar-refractivity contribution in [2.24, 2.45) is 4.99 Å². The van der Waals surface area contributed by atoms with Crippen LogP contribution in [0.2, 0.25) is 0 Å². The molecule has 0 bridgehead atoms. The first-order chi connectivity index (χ1) is 11.2. The zero-order valence-electron chi connectivity index (χ0n) is 16.1. The van der Waals surface area contributed by atoms with E-state index in [1.54, 1.807) is 4.90 Å². The van der Waals surface area contributed by atoms with Gasteiger partial charge in [-0.3, -0.25) is 5.32 Å². The number of amidine groups is 1. The van der Waals surface area contributed by atoms with Gasteiger partial charge in [0.2, 0.25) is 0 Å². The van der Waals surface area contributed by atoms with Crippen molar-refractivity contribution >= 4 is 29.0 Å². The molecule has 0 aromatic carbocycles. The van der Waals surface area contributed by atoms with E-state index in [1.807, 2.05) is 34.6 Å². The van der Waals surface area contributed by atoms with Gasteiger partial charge in [0.25, 0.3) is 0 Å². The van der Waals surface area contributed by atoms with Crippen molar-refractivity contribution in [2.45, 2.75) is 72.8 Å². The first-order valence-corrected chi connectivity index (χ1v) is 9.81. The van der Waals surface area contributed by atoms with Crippen LogP contribution in [0.3, 0.4) is 0 Å². The summed E-state index contributed by atoms with van der Waals surface area (Å²) >= 11 is 1.41. The van der Waals surface area contributed by atoms with Gasteiger partial charge in [-0.15, -0.1) is 0 Å². The fraction of sp³-hybridized carbons (Fsp3) is 0.824. The minimum Gasteiger partial charge on any atom is -0.333 e. The lowest BCUT2D eigenvalue weighted by Crippen LogP contribution is -2.48. The first kappa shape index (κ1) is 22.8. The van der Waals surface area contributed by atoms with Crippen molar-refractivity contribution in [2.75, 3.05) is 18.8 Å². The summed E-state index contributed by atoms with van der Waals surface area (Å²) in [6.07, 6.45) is 3.84. The second-order valence-electron chi connectivity index (χ2n) is 6.72. The van der Waals surface area contributed by atoms with Crippen molar-refractivity contribution in [3.8, 4) is 0 Å². The zero-order valence-corrected chi connectivity index (χ0v) is 16.9. The minimum absolute atomic E-state index is 0.284. The molecule has 6 nitrogen and oxygen atoms in total. The molecular weight excluding hydrogens is 324 g/mol. The number of hydrogen-bond donors (Lipinski definition) is 2. The van der Waals surface area contributed by atoms with Crippen molar-refractivity contribution < 1.29 is 9.59 Å². The molecule has 0 radical (unpaired) electrons. The molecular formula is C17H34N4O2S. The highest BCUT2D eigenvalue weighted by atomic mass is 32.2. The number of unbranched alkanes of at least 4 members (excludes halogenated alkanes) is 1. The third-order valence-corrected chi connectivity index (χ3v) is 3.86. The molecule has 0 aliphatic heterocycles. The lowest BCUT2D eigenvalue weighted by molar-refractivity contribution is 0.208. The molecule has 7 heteroatoms. The Morgan fingerprint density at radius 1 is 1.04 bits per heavy atom. The van der Waals surface area contributed by atoms with Crippen LogP contribution >= 0.6 is 11.8 Å². The average molecular weight is 359 g/mol. The normalized spacial score (nSPS) is 12.0. The van der Waals surface area contributed by atoms with Crippen LogP contribution in [0.4, 0.5) is 9.59 Å². The molecule has 2 N–H and O–H groups in total. The fourth-order valence-electron chi connectivity index (χ4n) is 1.88. The monoisotopic (exact) mass is 358 g/mol. The number of nitrogens with one attached hydrogen (secondary N) is 2. The summed E-state index contributed by atoms with van der Waals surface area (Å²) < 4.78 is 0. The second-order valence-corrected chi connectivity index (χ2v) is 7.80. The maximum absolute atomic E-state index is 12.4. The first-order valence-electron chi connectivity index (χ1n) is 8.83. The number of thioether (sulfide) groups is 1. The van der Waals surface area contributed by atoms with Gasteiger partial charge in [-0.25, -0.2) is 9.59 Å². The molecule has 0 aromatic rings. The summed E-state index contributed by atoms with van der Waals surface area (Å²) in [6.45, 7) is 13.2. The Hall–Kier alpha value is -1.24. The van der Waals surface area contributed by atoms with Crippen LogP contribution in [-0.4, -0.2) is 46.5 Å². The molecule has 0 rings (SSSR count). The van der Waals surface area contributed by atoms with Gasteiger partial charge in [0.15, 0.2) is 5.17 Å². The summed E-state index contributed by atoms with van der Waals surface area (Å²) in [5, 5.41) is 5.91. The maximum Gasteiger partial charge on any atom is 0.345 e. The number of nitrogens with zero attached hydrogens (tertiary/aromatic N) is 2. The molecule has 4 amide bonds. The van der Waals surface area contributed by atoms with E-state index in [0.717, 1.165) is 31.4 Å². The number of aliphatic imine (C=N–C) groups is 1. The lowest BCUT2D eigenvalue weighted by atomic mass is 10.1. The van der Waals surface area contributed by atoms with E-state index < -0.39 is 0 Å². The van der Waals surface area contributed by atoms with Gasteiger partial charge in [0, 0.05) is 24.4 Å². The molecule has 0 saturated heterocycles. The topological polar surface area (TPSA) is 73.8 Å². The van der Waals surface area contributed by atoms with Gasteiger partial charge >= 0.3 is 12.1 Å². The Kier molecular flexibility index (Phi) is 11.5. The Labute approximate surface area is 151 Å². The smallest absolute Gasteiger partial charge is 0.333 e. The number of carbonyl (C=O) groups excluding carboxylic acids is 2. The van der Waals surface area contributed by atoms with E-state index in [2.05, 4.69) is 22.5 Å². The highest BCUT2D eigenvalue weighted by Crippen LogP contribution is 2.09. The largest absolute Gasteiger partial charge is 0.345 e. The molecule has 0 spiro atoms. The number of rotatable bonds is 7. The van der Waals surface area contributed by atoms with E-state index >= 15 is 0 Å². The molecule has 0 fully saturated rings. The number of carbonyl (C=O) groups is 2. The summed E-state index contributed by atoms with van der Waals surface area (Å²) in [5.41, 5.74) is -0.344. The molecule has 0 atom stereocenters. The predicted molar refractivity (Wildman–Crippen MR) is 104 cm³/mol. The van der Waals surface area contributed by atoms with Crippen LogP contribution in [0, 0.1) is 0 Å². The van der Waals surface area contributed by atoms with Gasteiger partial charge in [0.05, 0.1) is 0 Å². The molecule has 24 heavy (non-hydrogen) atoms. The fourth-order valence-corrected chi connectivity index (χ4v) is 2.81. The summed E-state index contributed by atoms with van der Waals surface area (Å²) in [5.74, 6) is 0.819. The highest BCUT2D eigenvalue weighted by molar-refractivity contribution is 8.13. The van der Waals surface area contributed by atoms with Gasteiger partial charge in [0.1, 0.15) is 0 Å². The maximum atomic E-state index is 12.4. The quantitative estimate of drug-likeness (QED) is 0.406. The molecule has 140 valence electrons. The SMILES string of the molecule is CCCCSC(=NC(=O)N(CCC)CCC)NC(=O)NC(C)(C)C. The van der Waals surface area contributed by atoms with E-state index in [9.17, 15) is 9.59 Å². The van der Waals surface area contributed by atoms with Crippen LogP contribution < -0.4 is 10.6 Å². The van der Waals surface area contributed by atoms with Gasteiger partial charge < -0.3 is 10.2 Å². The van der Waals surface area contributed by atoms with Gasteiger partial charge in [-0.2, -0.15) is 4.99 Å². The Morgan fingerprint density at radius 3 is 2.08 bits per heavy atom. The zero-order chi connectivity index (χ0) is 18.6. The number of urea groups is 2. The van der Waals surface area contributed by atoms with Crippen molar-refractivity contribution in [1.82, 2.24) is 15.5 Å². The minimum atomic E-state index is -0.344. The average Bonchev–Trinajstić information content (AvgIpc) is 2.45. The van der Waals surface area contributed by atoms with Crippen LogP contribution in [-0.2, 0) is 0 Å². The third-order valence-electron chi connectivity index (χ3n) is 2.90. The molecule has 0 saturated carbocycles.